The van der Waals surface area contributed by atoms with Crippen LogP contribution in [0.25, 0.3) is 5.95 Å². The smallest absolute Gasteiger partial charge is 0.265 e. The van der Waals surface area contributed by atoms with Crippen LogP contribution in [0.3, 0.4) is 0 Å². The topological polar surface area (TPSA) is 130 Å². The number of rotatable bonds is 6. The quantitative estimate of drug-likeness (QED) is 0.386. The van der Waals surface area contributed by atoms with E-state index in [-0.39, 0.29) is 16.8 Å². The maximum absolute atomic E-state index is 13.0. The highest BCUT2D eigenvalue weighted by Crippen LogP contribution is 2.35. The maximum Gasteiger partial charge on any atom is 0.265 e. The van der Waals surface area contributed by atoms with Crippen molar-refractivity contribution in [2.45, 2.75) is 6.04 Å². The summed E-state index contributed by atoms with van der Waals surface area (Å²) in [5.74, 6) is -0.445. The van der Waals surface area contributed by atoms with Crippen molar-refractivity contribution in [3.63, 3.8) is 0 Å². The van der Waals surface area contributed by atoms with E-state index in [0.717, 1.165) is 5.56 Å². The van der Waals surface area contributed by atoms with Crippen LogP contribution in [0.2, 0.25) is 0 Å². The molecule has 3 N–H and O–H groups in total. The molecule has 10 heteroatoms. The number of nitrogens with zero attached hydrogens (tertiary/aromatic N) is 3. The van der Waals surface area contributed by atoms with Gasteiger partial charge in [-0.25, -0.2) is 9.67 Å². The summed E-state index contributed by atoms with van der Waals surface area (Å²) in [6, 6.07) is 16.7. The summed E-state index contributed by atoms with van der Waals surface area (Å²) < 4.78 is 13.5. The summed E-state index contributed by atoms with van der Waals surface area (Å²) in [4.78, 5) is 42.2. The molecule has 0 radical (unpaired) electrons. The molecule has 2 aromatic carbocycles. The number of hydrogen-bond donors (Lipinski definition) is 3. The number of hydrogen-bond acceptors (Lipinski definition) is 5. The number of carbonyl (C=O) groups is 1. The zero-order valence-electron chi connectivity index (χ0n) is 17.0. The predicted molar refractivity (Wildman–Crippen MR) is 120 cm³/mol. The minimum atomic E-state index is -3.49. The molecule has 2 atom stereocenters. The number of aromatic amines is 1. The molecule has 0 spiro atoms. The lowest BCUT2D eigenvalue weighted by atomic mass is 9.98. The molecule has 0 saturated heterocycles. The lowest BCUT2D eigenvalue weighted by Gasteiger charge is -2.21. The molecular weight excluding hydrogens is 429 g/mol. The van der Waals surface area contributed by atoms with Gasteiger partial charge in [-0.05, 0) is 29.3 Å². The summed E-state index contributed by atoms with van der Waals surface area (Å²) in [5, 5.41) is 7.12. The first-order valence-corrected chi connectivity index (χ1v) is 11.8. The van der Waals surface area contributed by atoms with Crippen molar-refractivity contribution in [2.24, 2.45) is 0 Å². The Morgan fingerprint density at radius 3 is 2.53 bits per heavy atom. The number of aromatic nitrogens is 4. The van der Waals surface area contributed by atoms with Crippen molar-refractivity contribution in [3.8, 4) is 5.95 Å². The molecule has 0 aliphatic rings. The zero-order chi connectivity index (χ0) is 22.7. The highest BCUT2D eigenvalue weighted by molar-refractivity contribution is 7.65. The first-order chi connectivity index (χ1) is 15.3. The fraction of sp³-hybridized carbons (Fsp3) is 0.0909. The predicted octanol–water partition coefficient (Wildman–Crippen LogP) is 2.00. The van der Waals surface area contributed by atoms with E-state index in [9.17, 15) is 19.0 Å². The van der Waals surface area contributed by atoms with Crippen LogP contribution in [0.1, 0.15) is 27.5 Å². The molecule has 2 aromatic heterocycles. The molecule has 0 saturated carbocycles. The van der Waals surface area contributed by atoms with Gasteiger partial charge in [0.1, 0.15) is 5.56 Å². The SMILES string of the molecule is CP(=O)(O)c1cccc([C@H](NC(=O)c2cnc(-n3cccn3)[nH]c2=O)c2ccccc2)c1. The van der Waals surface area contributed by atoms with E-state index in [4.69, 9.17) is 0 Å². The Labute approximate surface area is 183 Å². The molecule has 0 bridgehead atoms. The second-order valence-corrected chi connectivity index (χ2v) is 9.47. The van der Waals surface area contributed by atoms with Gasteiger partial charge in [0.25, 0.3) is 11.5 Å². The molecule has 162 valence electrons. The minimum Gasteiger partial charge on any atom is -0.341 e. The lowest BCUT2D eigenvalue weighted by Crippen LogP contribution is -2.34. The van der Waals surface area contributed by atoms with Crippen molar-refractivity contribution in [1.82, 2.24) is 25.1 Å². The van der Waals surface area contributed by atoms with Crippen LogP contribution in [0, 0.1) is 0 Å². The summed E-state index contributed by atoms with van der Waals surface area (Å²) in [6.45, 7) is 1.26. The van der Waals surface area contributed by atoms with Gasteiger partial charge in [-0.15, -0.1) is 0 Å². The maximum atomic E-state index is 13.0. The Bertz CT molecular complexity index is 1350. The number of amides is 1. The van der Waals surface area contributed by atoms with Crippen molar-refractivity contribution < 1.29 is 14.3 Å². The van der Waals surface area contributed by atoms with Crippen LogP contribution in [0.4, 0.5) is 0 Å². The van der Waals surface area contributed by atoms with Crippen molar-refractivity contribution in [3.05, 3.63) is 106 Å². The van der Waals surface area contributed by atoms with E-state index in [1.807, 2.05) is 30.3 Å². The molecule has 0 aliphatic carbocycles. The minimum absolute atomic E-state index is 0.165. The average molecular weight is 449 g/mol. The summed E-state index contributed by atoms with van der Waals surface area (Å²) in [5.41, 5.74) is 0.577. The standard InChI is InChI=1S/C22H20N5O4P/c1-32(30,31)17-10-5-9-16(13-17)19(15-7-3-2-4-8-15)25-20(28)18-14-23-22(26-21(18)29)27-12-6-11-24-27/h2-14,19H,1H3,(H,25,28)(H,30,31)(H,23,26,29)/t19-/m1/s1. The third-order valence-electron chi connectivity index (χ3n) is 4.84. The monoisotopic (exact) mass is 449 g/mol. The van der Waals surface area contributed by atoms with Crippen LogP contribution in [0.15, 0.2) is 84.0 Å². The first kappa shape index (κ1) is 21.4. The van der Waals surface area contributed by atoms with Gasteiger partial charge in [0.15, 0.2) is 0 Å². The Kier molecular flexibility index (Phi) is 5.85. The molecule has 2 heterocycles. The summed E-state index contributed by atoms with van der Waals surface area (Å²) in [6.07, 6.45) is 4.35. The molecule has 1 unspecified atom stereocenters. The Hall–Kier alpha value is -3.81. The third-order valence-corrected chi connectivity index (χ3v) is 6.08. The van der Waals surface area contributed by atoms with E-state index in [0.29, 0.717) is 5.56 Å². The van der Waals surface area contributed by atoms with Gasteiger partial charge in [0.05, 0.1) is 6.04 Å². The fourth-order valence-corrected chi connectivity index (χ4v) is 3.98. The summed E-state index contributed by atoms with van der Waals surface area (Å²) >= 11 is 0. The molecule has 9 nitrogen and oxygen atoms in total. The number of nitrogens with one attached hydrogen (secondary N) is 2. The third kappa shape index (κ3) is 4.59. The van der Waals surface area contributed by atoms with Crippen molar-refractivity contribution in [1.29, 1.82) is 0 Å². The second-order valence-electron chi connectivity index (χ2n) is 7.19. The summed E-state index contributed by atoms with van der Waals surface area (Å²) in [7, 11) is -3.49. The van der Waals surface area contributed by atoms with E-state index < -0.39 is 24.9 Å². The Morgan fingerprint density at radius 1 is 1.12 bits per heavy atom. The van der Waals surface area contributed by atoms with Gasteiger partial charge >= 0.3 is 0 Å². The molecule has 32 heavy (non-hydrogen) atoms. The van der Waals surface area contributed by atoms with Crippen LogP contribution in [-0.4, -0.2) is 37.2 Å². The van der Waals surface area contributed by atoms with Crippen LogP contribution >= 0.6 is 7.37 Å². The fourth-order valence-electron chi connectivity index (χ4n) is 3.23. The molecule has 0 fully saturated rings. The van der Waals surface area contributed by atoms with E-state index in [1.54, 1.807) is 42.7 Å². The highest BCUT2D eigenvalue weighted by atomic mass is 31.2. The Morgan fingerprint density at radius 2 is 1.88 bits per heavy atom. The van der Waals surface area contributed by atoms with E-state index >= 15 is 0 Å². The van der Waals surface area contributed by atoms with Crippen LogP contribution in [0.5, 0.6) is 0 Å². The molecule has 0 aliphatic heterocycles. The normalized spacial score (nSPS) is 13.8. The molecule has 4 aromatic rings. The van der Waals surface area contributed by atoms with Gasteiger partial charge in [-0.1, -0.05) is 42.5 Å². The van der Waals surface area contributed by atoms with Gasteiger partial charge in [-0.3, -0.25) is 19.1 Å². The number of benzene rings is 2. The van der Waals surface area contributed by atoms with Gasteiger partial charge in [0.2, 0.25) is 13.3 Å². The molecular formula is C22H20N5O4P. The van der Waals surface area contributed by atoms with Crippen LogP contribution < -0.4 is 16.2 Å². The van der Waals surface area contributed by atoms with Gasteiger partial charge < -0.3 is 10.2 Å². The van der Waals surface area contributed by atoms with Crippen LogP contribution in [-0.2, 0) is 4.57 Å². The Balaban J connectivity index is 1.69. The number of H-pyrrole nitrogens is 1. The van der Waals surface area contributed by atoms with E-state index in [2.05, 4.69) is 20.4 Å². The van der Waals surface area contributed by atoms with E-state index in [1.165, 1.54) is 17.5 Å². The molecule has 1 amide bonds. The lowest BCUT2D eigenvalue weighted by molar-refractivity contribution is 0.0941. The highest BCUT2D eigenvalue weighted by Gasteiger charge is 2.22. The van der Waals surface area contributed by atoms with Crippen molar-refractivity contribution >= 4 is 18.6 Å². The zero-order valence-corrected chi connectivity index (χ0v) is 17.9. The second kappa shape index (κ2) is 8.74. The average Bonchev–Trinajstić information content (AvgIpc) is 3.32. The first-order valence-electron chi connectivity index (χ1n) is 9.69. The van der Waals surface area contributed by atoms with Crippen molar-refractivity contribution in [2.75, 3.05) is 6.66 Å². The van der Waals surface area contributed by atoms with Gasteiger partial charge in [0, 0.05) is 30.6 Å². The number of carbonyl (C=O) groups excluding carboxylic acids is 1. The molecule has 4 rings (SSSR count). The largest absolute Gasteiger partial charge is 0.341 e. The van der Waals surface area contributed by atoms with Gasteiger partial charge in [-0.2, -0.15) is 5.10 Å².